The standard InChI is InChI=1S/C23H28N6OS/c1-3-22-28-26-16-29(22)13-12-25-23(24-11-10-19-8-6-14-31-19)27-17(2)21-15-18-7-4-5-9-20(18)30-21/h4-9,14-17H,3,10-13H2,1-2H3,(H2,24,25,27). The van der Waals surface area contributed by atoms with Crippen molar-refractivity contribution in [2.75, 3.05) is 13.1 Å². The third-order valence-corrected chi connectivity index (χ3v) is 6.03. The summed E-state index contributed by atoms with van der Waals surface area (Å²) in [6, 6.07) is 14.4. The lowest BCUT2D eigenvalue weighted by molar-refractivity contribution is 0.487. The minimum absolute atomic E-state index is 0.0125. The van der Waals surface area contributed by atoms with Crippen molar-refractivity contribution in [2.24, 2.45) is 4.99 Å². The van der Waals surface area contributed by atoms with E-state index >= 15 is 0 Å². The van der Waals surface area contributed by atoms with E-state index in [1.165, 1.54) is 4.88 Å². The molecule has 0 aliphatic rings. The Morgan fingerprint density at radius 2 is 2.16 bits per heavy atom. The number of aryl methyl sites for hydroxylation is 1. The highest BCUT2D eigenvalue weighted by Crippen LogP contribution is 2.23. The molecule has 3 aromatic heterocycles. The quantitative estimate of drug-likeness (QED) is 0.304. The molecule has 4 aromatic rings. The monoisotopic (exact) mass is 436 g/mol. The highest BCUT2D eigenvalue weighted by Gasteiger charge is 2.13. The summed E-state index contributed by atoms with van der Waals surface area (Å²) in [7, 11) is 0. The van der Waals surface area contributed by atoms with E-state index in [0.717, 1.165) is 61.0 Å². The SMILES string of the molecule is CCc1nncn1CCNC(=NCCc1cccs1)NC(C)c1cc2ccccc2o1. The van der Waals surface area contributed by atoms with Crippen molar-refractivity contribution in [1.82, 2.24) is 25.4 Å². The molecule has 162 valence electrons. The highest BCUT2D eigenvalue weighted by molar-refractivity contribution is 7.09. The van der Waals surface area contributed by atoms with E-state index < -0.39 is 0 Å². The zero-order chi connectivity index (χ0) is 21.5. The van der Waals surface area contributed by atoms with Crippen LogP contribution in [0.1, 0.15) is 36.4 Å². The van der Waals surface area contributed by atoms with E-state index in [1.807, 2.05) is 18.2 Å². The number of hydrogen-bond acceptors (Lipinski definition) is 5. The number of nitrogens with zero attached hydrogens (tertiary/aromatic N) is 4. The molecule has 0 aliphatic heterocycles. The lowest BCUT2D eigenvalue weighted by atomic mass is 10.2. The van der Waals surface area contributed by atoms with Gasteiger partial charge in [0.05, 0.1) is 6.04 Å². The average Bonchev–Trinajstić information content (AvgIpc) is 3.53. The van der Waals surface area contributed by atoms with Crippen LogP contribution >= 0.6 is 11.3 Å². The first-order valence-corrected chi connectivity index (χ1v) is 11.5. The van der Waals surface area contributed by atoms with Crippen LogP contribution in [0.2, 0.25) is 0 Å². The Labute approximate surface area is 186 Å². The molecule has 1 aromatic carbocycles. The topological polar surface area (TPSA) is 80.3 Å². The van der Waals surface area contributed by atoms with Gasteiger partial charge >= 0.3 is 0 Å². The molecule has 3 heterocycles. The van der Waals surface area contributed by atoms with E-state index in [4.69, 9.17) is 9.41 Å². The van der Waals surface area contributed by atoms with Gasteiger partial charge in [0.1, 0.15) is 23.5 Å². The Kier molecular flexibility index (Phi) is 6.99. The molecular formula is C23H28N6OS. The third-order valence-electron chi connectivity index (χ3n) is 5.09. The van der Waals surface area contributed by atoms with Gasteiger partial charge in [0.25, 0.3) is 0 Å². The van der Waals surface area contributed by atoms with Crippen LogP contribution in [0, 0.1) is 0 Å². The van der Waals surface area contributed by atoms with Crippen molar-refractivity contribution in [3.63, 3.8) is 0 Å². The third kappa shape index (κ3) is 5.52. The molecular weight excluding hydrogens is 408 g/mol. The van der Waals surface area contributed by atoms with Gasteiger partial charge in [-0.3, -0.25) is 4.99 Å². The molecule has 0 fully saturated rings. The molecule has 7 nitrogen and oxygen atoms in total. The fraction of sp³-hybridized carbons (Fsp3) is 0.348. The maximum atomic E-state index is 6.02. The van der Waals surface area contributed by atoms with Gasteiger partial charge in [-0.2, -0.15) is 0 Å². The number of guanidine groups is 1. The van der Waals surface area contributed by atoms with Gasteiger partial charge < -0.3 is 19.6 Å². The number of aromatic nitrogens is 3. The molecule has 1 atom stereocenters. The molecule has 0 amide bonds. The lowest BCUT2D eigenvalue weighted by Gasteiger charge is -2.17. The maximum absolute atomic E-state index is 6.02. The number of furan rings is 1. The van der Waals surface area contributed by atoms with Crippen molar-refractivity contribution < 1.29 is 4.42 Å². The normalized spacial score (nSPS) is 12.9. The molecule has 0 bridgehead atoms. The van der Waals surface area contributed by atoms with E-state index in [0.29, 0.717) is 0 Å². The second kappa shape index (κ2) is 10.3. The number of para-hydroxylation sites is 1. The number of thiophene rings is 1. The fourth-order valence-electron chi connectivity index (χ4n) is 3.41. The van der Waals surface area contributed by atoms with Gasteiger partial charge in [0, 0.05) is 42.7 Å². The van der Waals surface area contributed by atoms with Crippen molar-refractivity contribution in [3.8, 4) is 0 Å². The van der Waals surface area contributed by atoms with Crippen LogP contribution in [0.4, 0.5) is 0 Å². The van der Waals surface area contributed by atoms with Crippen LogP contribution in [0.15, 0.2) is 63.6 Å². The smallest absolute Gasteiger partial charge is 0.191 e. The summed E-state index contributed by atoms with van der Waals surface area (Å²) in [5.74, 6) is 2.65. The zero-order valence-corrected chi connectivity index (χ0v) is 18.7. The molecule has 8 heteroatoms. The second-order valence-electron chi connectivity index (χ2n) is 7.33. The van der Waals surface area contributed by atoms with E-state index in [-0.39, 0.29) is 6.04 Å². The molecule has 0 saturated heterocycles. The molecule has 0 aliphatic carbocycles. The molecule has 0 saturated carbocycles. The minimum atomic E-state index is -0.0125. The molecule has 4 rings (SSSR count). The summed E-state index contributed by atoms with van der Waals surface area (Å²) in [5, 5.41) is 18.3. The van der Waals surface area contributed by atoms with Crippen LogP contribution in [-0.4, -0.2) is 33.8 Å². The average molecular weight is 437 g/mol. The Bertz CT molecular complexity index is 1080. The number of aliphatic imine (C=N–C) groups is 1. The fourth-order valence-corrected chi connectivity index (χ4v) is 4.11. The largest absolute Gasteiger partial charge is 0.459 e. The molecule has 0 spiro atoms. The summed E-state index contributed by atoms with van der Waals surface area (Å²) < 4.78 is 8.09. The van der Waals surface area contributed by atoms with Crippen LogP contribution in [-0.2, 0) is 19.4 Å². The number of fused-ring (bicyclic) bond motifs is 1. The molecule has 2 N–H and O–H groups in total. The van der Waals surface area contributed by atoms with Crippen molar-refractivity contribution in [3.05, 3.63) is 70.6 Å². The number of nitrogens with one attached hydrogen (secondary N) is 2. The van der Waals surface area contributed by atoms with Gasteiger partial charge in [-0.1, -0.05) is 31.2 Å². The first-order valence-electron chi connectivity index (χ1n) is 10.7. The van der Waals surface area contributed by atoms with Gasteiger partial charge in [0.15, 0.2) is 5.96 Å². The first kappa shape index (κ1) is 21.1. The predicted octanol–water partition coefficient (Wildman–Crippen LogP) is 4.19. The lowest BCUT2D eigenvalue weighted by Crippen LogP contribution is -2.40. The van der Waals surface area contributed by atoms with Crippen LogP contribution in [0.25, 0.3) is 11.0 Å². The summed E-state index contributed by atoms with van der Waals surface area (Å²) in [6.07, 6.45) is 3.57. The Balaban J connectivity index is 1.41. The van der Waals surface area contributed by atoms with E-state index in [2.05, 4.69) is 68.9 Å². The summed E-state index contributed by atoms with van der Waals surface area (Å²) in [5.41, 5.74) is 0.898. The Morgan fingerprint density at radius 3 is 2.97 bits per heavy atom. The van der Waals surface area contributed by atoms with E-state index in [1.54, 1.807) is 17.7 Å². The van der Waals surface area contributed by atoms with Gasteiger partial charge in [-0.25, -0.2) is 0 Å². The van der Waals surface area contributed by atoms with E-state index in [9.17, 15) is 0 Å². The van der Waals surface area contributed by atoms with Crippen LogP contribution in [0.5, 0.6) is 0 Å². The summed E-state index contributed by atoms with van der Waals surface area (Å²) in [4.78, 5) is 6.14. The predicted molar refractivity (Wildman–Crippen MR) is 125 cm³/mol. The number of benzene rings is 1. The second-order valence-corrected chi connectivity index (χ2v) is 8.37. The van der Waals surface area contributed by atoms with Crippen molar-refractivity contribution in [2.45, 2.75) is 39.3 Å². The van der Waals surface area contributed by atoms with Gasteiger partial charge in [-0.15, -0.1) is 21.5 Å². The summed E-state index contributed by atoms with van der Waals surface area (Å²) in [6.45, 7) is 6.39. The highest BCUT2D eigenvalue weighted by atomic mass is 32.1. The van der Waals surface area contributed by atoms with Crippen molar-refractivity contribution in [1.29, 1.82) is 0 Å². The van der Waals surface area contributed by atoms with Crippen molar-refractivity contribution >= 4 is 28.3 Å². The zero-order valence-electron chi connectivity index (χ0n) is 17.9. The van der Waals surface area contributed by atoms with Crippen LogP contribution < -0.4 is 10.6 Å². The van der Waals surface area contributed by atoms with Gasteiger partial charge in [0.2, 0.25) is 0 Å². The van der Waals surface area contributed by atoms with Gasteiger partial charge in [-0.05, 0) is 30.5 Å². The summed E-state index contributed by atoms with van der Waals surface area (Å²) >= 11 is 1.77. The molecule has 1 unspecified atom stereocenters. The van der Waals surface area contributed by atoms with Crippen LogP contribution in [0.3, 0.4) is 0 Å². The number of hydrogen-bond donors (Lipinski definition) is 2. The Hall–Kier alpha value is -3.13. The first-order chi connectivity index (χ1) is 15.2. The maximum Gasteiger partial charge on any atom is 0.191 e. The minimum Gasteiger partial charge on any atom is -0.459 e. The number of rotatable bonds is 9. The molecule has 0 radical (unpaired) electrons. The molecule has 31 heavy (non-hydrogen) atoms. The Morgan fingerprint density at radius 1 is 1.26 bits per heavy atom.